The van der Waals surface area contributed by atoms with Crippen molar-refractivity contribution in [3.8, 4) is 0 Å². The molecule has 0 aromatic rings. The van der Waals surface area contributed by atoms with E-state index in [-0.39, 0.29) is 10.7 Å². The van der Waals surface area contributed by atoms with Crippen molar-refractivity contribution < 1.29 is 24.6 Å². The zero-order chi connectivity index (χ0) is 17.0. The summed E-state index contributed by atoms with van der Waals surface area (Å²) in [6, 6.07) is 0. The van der Waals surface area contributed by atoms with Gasteiger partial charge in [-0.25, -0.2) is 0 Å². The molecule has 0 spiro atoms. The van der Waals surface area contributed by atoms with Crippen LogP contribution in [0.5, 0.6) is 0 Å². The summed E-state index contributed by atoms with van der Waals surface area (Å²) < 4.78 is 0.226. The molecule has 0 unspecified atom stereocenters. The largest absolute Gasteiger partial charge is 0.481 e. The lowest BCUT2D eigenvalue weighted by molar-refractivity contribution is -0.140. The van der Waals surface area contributed by atoms with Gasteiger partial charge in [-0.1, -0.05) is 24.0 Å². The highest BCUT2D eigenvalue weighted by Crippen LogP contribution is 2.32. The standard InChI is InChI=1S/C13H14N2O5S3/c16-10(17)3-4-14-5-6-22-9(14)2-1-8-12(20)15(7-11(18)19)13(21)23-8/h1-2H,3-7H2,(H,16,17)(H,18,19). The van der Waals surface area contributed by atoms with Crippen LogP contribution in [0.2, 0.25) is 0 Å². The molecule has 23 heavy (non-hydrogen) atoms. The summed E-state index contributed by atoms with van der Waals surface area (Å²) >= 11 is 7.67. The van der Waals surface area contributed by atoms with Crippen molar-refractivity contribution in [2.45, 2.75) is 6.42 Å². The number of carbonyl (C=O) groups excluding carboxylic acids is 1. The normalized spacial score (nSPS) is 21.7. The number of carboxylic acids is 2. The molecular weight excluding hydrogens is 360 g/mol. The van der Waals surface area contributed by atoms with Crippen molar-refractivity contribution in [1.29, 1.82) is 0 Å². The Bertz CT molecular complexity index is 617. The quantitative estimate of drug-likeness (QED) is 0.524. The maximum absolute atomic E-state index is 12.1. The number of carbonyl (C=O) groups is 3. The molecule has 0 atom stereocenters. The van der Waals surface area contributed by atoms with E-state index in [0.717, 1.165) is 34.0 Å². The lowest BCUT2D eigenvalue weighted by Gasteiger charge is -2.17. The molecule has 2 aliphatic rings. The Morgan fingerprint density at radius 3 is 2.65 bits per heavy atom. The number of carboxylic acid groups (broad SMARTS) is 2. The SMILES string of the molecule is O=C(O)CCN1CCSC1=CC=C1SC(=S)N(CC(=O)O)C1=O. The molecule has 2 N–H and O–H groups in total. The molecular formula is C13H14N2O5S3. The van der Waals surface area contributed by atoms with Crippen molar-refractivity contribution in [1.82, 2.24) is 9.80 Å². The van der Waals surface area contributed by atoms with Crippen molar-refractivity contribution in [3.05, 3.63) is 22.1 Å². The number of nitrogens with zero attached hydrogens (tertiary/aromatic N) is 2. The Hall–Kier alpha value is -1.52. The van der Waals surface area contributed by atoms with E-state index in [2.05, 4.69) is 0 Å². The minimum absolute atomic E-state index is 0.0542. The van der Waals surface area contributed by atoms with E-state index in [1.54, 1.807) is 23.9 Å². The van der Waals surface area contributed by atoms with Gasteiger partial charge < -0.3 is 15.1 Å². The molecule has 2 rings (SSSR count). The van der Waals surface area contributed by atoms with Crippen molar-refractivity contribution in [2.75, 3.05) is 25.4 Å². The van der Waals surface area contributed by atoms with Gasteiger partial charge >= 0.3 is 11.9 Å². The summed E-state index contributed by atoms with van der Waals surface area (Å²) in [6.45, 7) is 0.734. The van der Waals surface area contributed by atoms with E-state index in [1.807, 2.05) is 4.90 Å². The second kappa shape index (κ2) is 7.84. The van der Waals surface area contributed by atoms with E-state index in [9.17, 15) is 14.4 Å². The van der Waals surface area contributed by atoms with Crippen molar-refractivity contribution in [3.63, 3.8) is 0 Å². The van der Waals surface area contributed by atoms with E-state index in [0.29, 0.717) is 11.4 Å². The predicted molar refractivity (Wildman–Crippen MR) is 92.0 cm³/mol. The lowest BCUT2D eigenvalue weighted by Crippen LogP contribution is -2.33. The molecule has 0 aliphatic carbocycles. The first-order valence-electron chi connectivity index (χ1n) is 6.65. The van der Waals surface area contributed by atoms with Gasteiger partial charge in [0.15, 0.2) is 0 Å². The monoisotopic (exact) mass is 374 g/mol. The number of rotatable bonds is 6. The molecule has 7 nitrogen and oxygen atoms in total. The molecule has 2 aliphatic heterocycles. The summed E-state index contributed by atoms with van der Waals surface area (Å²) in [5, 5.41) is 18.4. The molecule has 2 fully saturated rings. The van der Waals surface area contributed by atoms with Crippen LogP contribution in [0.4, 0.5) is 0 Å². The third-order valence-corrected chi connectivity index (χ3v) is 5.54. The van der Waals surface area contributed by atoms with Crippen LogP contribution in [0.25, 0.3) is 0 Å². The molecule has 0 saturated carbocycles. The zero-order valence-electron chi connectivity index (χ0n) is 11.9. The second-order valence-electron chi connectivity index (χ2n) is 4.67. The fourth-order valence-electron chi connectivity index (χ4n) is 2.00. The molecule has 0 radical (unpaired) electrons. The number of aliphatic carboxylic acids is 2. The average Bonchev–Trinajstić information content (AvgIpc) is 3.02. The Morgan fingerprint density at radius 1 is 1.26 bits per heavy atom. The van der Waals surface area contributed by atoms with E-state index < -0.39 is 24.4 Å². The zero-order valence-corrected chi connectivity index (χ0v) is 14.4. The van der Waals surface area contributed by atoms with Crippen LogP contribution < -0.4 is 0 Å². The third kappa shape index (κ3) is 4.72. The van der Waals surface area contributed by atoms with Gasteiger partial charge in [0.1, 0.15) is 10.9 Å². The Kier molecular flexibility index (Phi) is 6.08. The van der Waals surface area contributed by atoms with Crippen LogP contribution in [-0.4, -0.2) is 67.6 Å². The molecule has 124 valence electrons. The number of amides is 1. The van der Waals surface area contributed by atoms with Gasteiger partial charge in [-0.15, -0.1) is 11.8 Å². The average molecular weight is 374 g/mol. The van der Waals surface area contributed by atoms with Gasteiger partial charge in [0.05, 0.1) is 16.4 Å². The van der Waals surface area contributed by atoms with E-state index >= 15 is 0 Å². The molecule has 0 aromatic heterocycles. The van der Waals surface area contributed by atoms with E-state index in [1.165, 1.54) is 0 Å². The summed E-state index contributed by atoms with van der Waals surface area (Å²) in [4.78, 5) is 36.9. The van der Waals surface area contributed by atoms with Gasteiger partial charge in [-0.05, 0) is 12.2 Å². The van der Waals surface area contributed by atoms with Crippen LogP contribution in [0.1, 0.15) is 6.42 Å². The number of thioether (sulfide) groups is 2. The molecule has 0 bridgehead atoms. The van der Waals surface area contributed by atoms with Gasteiger partial charge in [0.25, 0.3) is 5.91 Å². The lowest BCUT2D eigenvalue weighted by atomic mass is 10.3. The fourth-order valence-corrected chi connectivity index (χ4v) is 4.25. The maximum atomic E-state index is 12.1. The number of hydrogen-bond acceptors (Lipinski definition) is 7. The van der Waals surface area contributed by atoms with Gasteiger partial charge in [0, 0.05) is 18.8 Å². The Labute approximate surface area is 146 Å². The highest BCUT2D eigenvalue weighted by molar-refractivity contribution is 8.26. The van der Waals surface area contributed by atoms with Crippen LogP contribution >= 0.6 is 35.7 Å². The summed E-state index contributed by atoms with van der Waals surface area (Å²) in [7, 11) is 0. The fraction of sp³-hybridized carbons (Fsp3) is 0.385. The molecule has 0 aromatic carbocycles. The molecule has 2 saturated heterocycles. The van der Waals surface area contributed by atoms with Crippen LogP contribution in [-0.2, 0) is 14.4 Å². The summed E-state index contributed by atoms with van der Waals surface area (Å²) in [5.41, 5.74) is 0. The van der Waals surface area contributed by atoms with Gasteiger partial charge in [-0.3, -0.25) is 19.3 Å². The second-order valence-corrected chi connectivity index (χ2v) is 7.46. The minimum atomic E-state index is -1.12. The van der Waals surface area contributed by atoms with Crippen LogP contribution in [0.15, 0.2) is 22.1 Å². The number of thiocarbonyl (C=S) groups is 1. The van der Waals surface area contributed by atoms with Gasteiger partial charge in [0.2, 0.25) is 0 Å². The van der Waals surface area contributed by atoms with Crippen LogP contribution in [0, 0.1) is 0 Å². The minimum Gasteiger partial charge on any atom is -0.481 e. The molecule has 2 heterocycles. The first-order chi connectivity index (χ1) is 10.9. The van der Waals surface area contributed by atoms with Crippen LogP contribution in [0.3, 0.4) is 0 Å². The summed E-state index contributed by atoms with van der Waals surface area (Å²) in [6.07, 6.45) is 3.42. The van der Waals surface area contributed by atoms with Crippen molar-refractivity contribution >= 4 is 57.9 Å². The van der Waals surface area contributed by atoms with Gasteiger partial charge in [-0.2, -0.15) is 0 Å². The number of allylic oxidation sites excluding steroid dienone is 2. The maximum Gasteiger partial charge on any atom is 0.323 e. The van der Waals surface area contributed by atoms with E-state index in [4.69, 9.17) is 22.4 Å². The highest BCUT2D eigenvalue weighted by atomic mass is 32.2. The predicted octanol–water partition coefficient (Wildman–Crippen LogP) is 1.18. The Morgan fingerprint density at radius 2 is 2.00 bits per heavy atom. The first-order valence-corrected chi connectivity index (χ1v) is 8.86. The Balaban J connectivity index is 2.06. The molecule has 10 heteroatoms. The topological polar surface area (TPSA) is 98.2 Å². The highest BCUT2D eigenvalue weighted by Gasteiger charge is 2.33. The number of hydrogen-bond donors (Lipinski definition) is 2. The molecule has 1 amide bonds. The van der Waals surface area contributed by atoms with Crippen molar-refractivity contribution in [2.24, 2.45) is 0 Å². The third-order valence-electron chi connectivity index (χ3n) is 3.06. The first kappa shape index (κ1) is 17.8. The smallest absolute Gasteiger partial charge is 0.323 e. The summed E-state index contributed by atoms with van der Waals surface area (Å²) in [5.74, 6) is -1.53.